The van der Waals surface area contributed by atoms with E-state index in [0.717, 1.165) is 22.8 Å². The molecule has 3 rings (SSSR count). The van der Waals surface area contributed by atoms with E-state index in [1.54, 1.807) is 0 Å². The van der Waals surface area contributed by atoms with Gasteiger partial charge in [0.1, 0.15) is 12.3 Å². The maximum atomic E-state index is 5.75. The molecule has 0 radical (unpaired) electrons. The normalized spacial score (nSPS) is 17.6. The Morgan fingerprint density at radius 3 is 2.44 bits per heavy atom. The third kappa shape index (κ3) is 3.78. The van der Waals surface area contributed by atoms with Crippen LogP contribution in [-0.4, -0.2) is 29.2 Å². The molecule has 0 amide bonds. The van der Waals surface area contributed by atoms with Crippen LogP contribution in [0.4, 0.5) is 5.69 Å². The third-order valence-electron chi connectivity index (χ3n) is 4.50. The van der Waals surface area contributed by atoms with Crippen molar-refractivity contribution in [2.24, 2.45) is 15.9 Å². The van der Waals surface area contributed by atoms with Crippen molar-refractivity contribution in [1.29, 1.82) is 0 Å². The van der Waals surface area contributed by atoms with E-state index < -0.39 is 0 Å². The number of hydrogen-bond donors (Lipinski definition) is 0. The molecule has 0 bridgehead atoms. The second-order valence-corrected chi connectivity index (χ2v) is 6.90. The van der Waals surface area contributed by atoms with Crippen LogP contribution in [0.3, 0.4) is 0 Å². The molecule has 0 N–H and O–H groups in total. The molecule has 1 aliphatic rings. The molecule has 0 aliphatic carbocycles. The highest BCUT2D eigenvalue weighted by Gasteiger charge is 2.23. The highest BCUT2D eigenvalue weighted by atomic mass is 16.5. The van der Waals surface area contributed by atoms with Crippen LogP contribution in [0.25, 0.3) is 0 Å². The number of aliphatic imine (C=N–C) groups is 2. The van der Waals surface area contributed by atoms with Crippen LogP contribution in [0.2, 0.25) is 0 Å². The van der Waals surface area contributed by atoms with E-state index in [1.807, 2.05) is 25.1 Å². The lowest BCUT2D eigenvalue weighted by molar-refractivity contribution is 0.291. The minimum absolute atomic E-state index is 0.213. The maximum absolute atomic E-state index is 5.75. The van der Waals surface area contributed by atoms with E-state index >= 15 is 0 Å². The minimum atomic E-state index is 0.213. The number of ether oxygens (including phenoxy) is 1. The summed E-state index contributed by atoms with van der Waals surface area (Å²) in [6, 6.07) is 12.3. The predicted octanol–water partition coefficient (Wildman–Crippen LogP) is 4.64. The zero-order valence-electron chi connectivity index (χ0n) is 15.6. The standard InChI is InChI=1S/C21H25N3O/c1-13(2)19-12-25-21(24-19)18-11-7-10-17(23-18)16(5)22-20-14(3)8-6-9-15(20)4/h6-11,13,19H,12H2,1-5H3/b22-16+. The van der Waals surface area contributed by atoms with Crippen LogP contribution in [0.5, 0.6) is 0 Å². The maximum Gasteiger partial charge on any atom is 0.235 e. The molecule has 1 aromatic carbocycles. The summed E-state index contributed by atoms with van der Waals surface area (Å²) in [7, 11) is 0. The van der Waals surface area contributed by atoms with Crippen molar-refractivity contribution in [2.75, 3.05) is 6.61 Å². The second-order valence-electron chi connectivity index (χ2n) is 6.90. The van der Waals surface area contributed by atoms with Crippen LogP contribution < -0.4 is 0 Å². The van der Waals surface area contributed by atoms with Crippen LogP contribution in [-0.2, 0) is 4.74 Å². The Morgan fingerprint density at radius 2 is 1.80 bits per heavy atom. The van der Waals surface area contributed by atoms with E-state index in [1.165, 1.54) is 11.1 Å². The zero-order valence-corrected chi connectivity index (χ0v) is 15.6. The van der Waals surface area contributed by atoms with E-state index in [9.17, 15) is 0 Å². The summed E-state index contributed by atoms with van der Waals surface area (Å²) in [5, 5.41) is 0. The Balaban J connectivity index is 1.92. The van der Waals surface area contributed by atoms with Gasteiger partial charge in [-0.3, -0.25) is 4.99 Å². The van der Waals surface area contributed by atoms with Crippen LogP contribution in [0.15, 0.2) is 46.4 Å². The van der Waals surface area contributed by atoms with Gasteiger partial charge >= 0.3 is 0 Å². The van der Waals surface area contributed by atoms with Gasteiger partial charge in [-0.25, -0.2) is 9.98 Å². The van der Waals surface area contributed by atoms with Crippen molar-refractivity contribution in [1.82, 2.24) is 4.98 Å². The van der Waals surface area contributed by atoms with E-state index in [2.05, 4.69) is 50.9 Å². The molecule has 0 spiro atoms. The Morgan fingerprint density at radius 1 is 1.12 bits per heavy atom. The monoisotopic (exact) mass is 335 g/mol. The van der Waals surface area contributed by atoms with E-state index in [-0.39, 0.29) is 6.04 Å². The topological polar surface area (TPSA) is 46.8 Å². The summed E-state index contributed by atoms with van der Waals surface area (Å²) in [4.78, 5) is 14.2. The molecule has 2 aromatic rings. The van der Waals surface area contributed by atoms with Crippen molar-refractivity contribution in [3.63, 3.8) is 0 Å². The lowest BCUT2D eigenvalue weighted by Gasteiger charge is -2.07. The average Bonchev–Trinajstić information content (AvgIpc) is 3.09. The Bertz CT molecular complexity index is 817. The molecule has 1 aliphatic heterocycles. The van der Waals surface area contributed by atoms with E-state index in [4.69, 9.17) is 14.7 Å². The van der Waals surface area contributed by atoms with Gasteiger partial charge in [0.25, 0.3) is 0 Å². The minimum Gasteiger partial charge on any atom is -0.474 e. The molecule has 4 nitrogen and oxygen atoms in total. The lowest BCUT2D eigenvalue weighted by Crippen LogP contribution is -2.13. The molecule has 130 valence electrons. The third-order valence-corrected chi connectivity index (χ3v) is 4.50. The number of nitrogens with zero attached hydrogens (tertiary/aromatic N) is 3. The number of hydrogen-bond acceptors (Lipinski definition) is 4. The van der Waals surface area contributed by atoms with Crippen LogP contribution in [0.1, 0.15) is 43.3 Å². The molecule has 2 heterocycles. The number of para-hydroxylation sites is 1. The highest BCUT2D eigenvalue weighted by Crippen LogP contribution is 2.24. The summed E-state index contributed by atoms with van der Waals surface area (Å²) in [5.74, 6) is 1.11. The first-order valence-corrected chi connectivity index (χ1v) is 8.75. The summed E-state index contributed by atoms with van der Waals surface area (Å²) >= 11 is 0. The molecular formula is C21H25N3O. The summed E-state index contributed by atoms with van der Waals surface area (Å²) in [6.45, 7) is 11.1. The Kier molecular flexibility index (Phi) is 4.98. The van der Waals surface area contributed by atoms with Gasteiger partial charge in [0.05, 0.1) is 23.1 Å². The molecule has 1 unspecified atom stereocenters. The number of benzene rings is 1. The van der Waals surface area contributed by atoms with Gasteiger partial charge in [0, 0.05) is 0 Å². The fourth-order valence-corrected chi connectivity index (χ4v) is 2.83. The fourth-order valence-electron chi connectivity index (χ4n) is 2.83. The van der Waals surface area contributed by atoms with Crippen molar-refractivity contribution in [2.45, 2.75) is 40.7 Å². The first-order valence-electron chi connectivity index (χ1n) is 8.75. The van der Waals surface area contributed by atoms with Crippen molar-refractivity contribution >= 4 is 17.3 Å². The van der Waals surface area contributed by atoms with Gasteiger partial charge < -0.3 is 4.74 Å². The van der Waals surface area contributed by atoms with Crippen molar-refractivity contribution < 1.29 is 4.74 Å². The second kappa shape index (κ2) is 7.18. The molecule has 1 atom stereocenters. The number of aromatic nitrogens is 1. The van der Waals surface area contributed by atoms with Gasteiger partial charge in [-0.1, -0.05) is 38.1 Å². The molecule has 0 saturated carbocycles. The SMILES string of the molecule is C/C(=N\c1c(C)cccc1C)c1cccc(C2=NC(C(C)C)CO2)n1. The molecular weight excluding hydrogens is 310 g/mol. The largest absolute Gasteiger partial charge is 0.474 e. The highest BCUT2D eigenvalue weighted by molar-refractivity contribution is 6.00. The number of rotatable bonds is 4. The van der Waals surface area contributed by atoms with Gasteiger partial charge in [-0.2, -0.15) is 0 Å². The Hall–Kier alpha value is -2.49. The van der Waals surface area contributed by atoms with Crippen LogP contribution >= 0.6 is 0 Å². The predicted molar refractivity (Wildman–Crippen MR) is 103 cm³/mol. The van der Waals surface area contributed by atoms with Gasteiger partial charge in [0.15, 0.2) is 0 Å². The first kappa shape index (κ1) is 17.3. The summed E-state index contributed by atoms with van der Waals surface area (Å²) < 4.78 is 5.75. The van der Waals surface area contributed by atoms with Crippen LogP contribution in [0, 0.1) is 19.8 Å². The molecule has 1 aromatic heterocycles. The molecule has 0 fully saturated rings. The van der Waals surface area contributed by atoms with Gasteiger partial charge in [0.2, 0.25) is 5.90 Å². The average molecular weight is 335 g/mol. The van der Waals surface area contributed by atoms with E-state index in [0.29, 0.717) is 18.4 Å². The lowest BCUT2D eigenvalue weighted by atomic mass is 10.1. The smallest absolute Gasteiger partial charge is 0.235 e. The van der Waals surface area contributed by atoms with Crippen molar-refractivity contribution in [3.8, 4) is 0 Å². The molecule has 25 heavy (non-hydrogen) atoms. The number of pyridine rings is 1. The summed E-state index contributed by atoms with van der Waals surface area (Å²) in [6.07, 6.45) is 0. The zero-order chi connectivity index (χ0) is 18.0. The first-order chi connectivity index (χ1) is 12.0. The Labute approximate surface area is 149 Å². The molecule has 4 heteroatoms. The number of aryl methyl sites for hydroxylation is 2. The quantitative estimate of drug-likeness (QED) is 0.764. The van der Waals surface area contributed by atoms with Gasteiger partial charge in [-0.15, -0.1) is 0 Å². The van der Waals surface area contributed by atoms with Crippen molar-refractivity contribution in [3.05, 3.63) is 58.9 Å². The molecule has 0 saturated heterocycles. The fraction of sp³-hybridized carbons (Fsp3) is 0.381. The summed E-state index contributed by atoms with van der Waals surface area (Å²) in [5.41, 5.74) is 5.86. The van der Waals surface area contributed by atoms with Gasteiger partial charge in [-0.05, 0) is 49.9 Å².